The van der Waals surface area contributed by atoms with Crippen LogP contribution >= 0.6 is 11.3 Å². The van der Waals surface area contributed by atoms with Crippen LogP contribution in [-0.4, -0.2) is 10.9 Å². The molecule has 20 heavy (non-hydrogen) atoms. The summed E-state index contributed by atoms with van der Waals surface area (Å²) in [6.07, 6.45) is 2.42. The van der Waals surface area contributed by atoms with Crippen molar-refractivity contribution in [1.82, 2.24) is 4.98 Å². The van der Waals surface area contributed by atoms with Crippen molar-refractivity contribution in [3.8, 4) is 0 Å². The minimum absolute atomic E-state index is 0.136. The maximum atomic E-state index is 12.2. The van der Waals surface area contributed by atoms with Crippen molar-refractivity contribution >= 4 is 28.1 Å². The van der Waals surface area contributed by atoms with E-state index in [2.05, 4.69) is 15.7 Å². The van der Waals surface area contributed by atoms with Gasteiger partial charge in [0.1, 0.15) is 0 Å². The molecule has 1 aliphatic carbocycles. The van der Waals surface area contributed by atoms with E-state index in [1.54, 1.807) is 12.1 Å². The summed E-state index contributed by atoms with van der Waals surface area (Å²) in [4.78, 5) is 16.7. The monoisotopic (exact) mass is 288 g/mol. The molecule has 104 valence electrons. The number of carbonyl (C=O) groups is 1. The molecule has 0 radical (unpaired) electrons. The number of benzene rings is 1. The average molecular weight is 288 g/mol. The van der Waals surface area contributed by atoms with Gasteiger partial charge in [0.05, 0.1) is 5.69 Å². The molecule has 1 heterocycles. The summed E-state index contributed by atoms with van der Waals surface area (Å²) in [7, 11) is 0. The van der Waals surface area contributed by atoms with Gasteiger partial charge >= 0.3 is 0 Å². The van der Waals surface area contributed by atoms with Gasteiger partial charge in [-0.25, -0.2) is 4.98 Å². The number of nitrogens with two attached hydrogens (primary N) is 1. The number of thiazole rings is 1. The minimum atomic E-state index is -0.136. The molecule has 1 aromatic heterocycles. The van der Waals surface area contributed by atoms with Gasteiger partial charge in [0.25, 0.3) is 5.91 Å². The fourth-order valence-electron chi connectivity index (χ4n) is 2.08. The van der Waals surface area contributed by atoms with Crippen LogP contribution in [-0.2, 0) is 0 Å². The molecule has 5 nitrogen and oxygen atoms in total. The molecule has 0 atom stereocenters. The van der Waals surface area contributed by atoms with Gasteiger partial charge in [0.15, 0.2) is 5.13 Å². The van der Waals surface area contributed by atoms with Gasteiger partial charge in [-0.2, -0.15) is 0 Å². The van der Waals surface area contributed by atoms with E-state index >= 15 is 0 Å². The highest BCUT2D eigenvalue weighted by molar-refractivity contribution is 7.14. The van der Waals surface area contributed by atoms with Crippen molar-refractivity contribution in [2.45, 2.75) is 25.7 Å². The lowest BCUT2D eigenvalue weighted by molar-refractivity contribution is 0.102. The molecule has 1 saturated carbocycles. The quantitative estimate of drug-likeness (QED) is 0.597. The molecule has 4 N–H and O–H groups in total. The number of aromatic nitrogens is 1. The molecule has 1 aliphatic rings. The Labute approximate surface area is 121 Å². The summed E-state index contributed by atoms with van der Waals surface area (Å²) in [5.41, 5.74) is 5.95. The first-order valence-corrected chi connectivity index (χ1v) is 7.39. The fourth-order valence-corrected chi connectivity index (χ4v) is 2.87. The number of nitrogens with one attached hydrogen (secondary N) is 2. The zero-order valence-corrected chi connectivity index (χ0v) is 12.0. The highest BCUT2D eigenvalue weighted by Crippen LogP contribution is 2.40. The standard InChI is InChI=1S/C14H16N4OS/c1-8-6-10(18-15)4-5-11(8)13(19)17-14-16-12(7-20-14)9-2-3-9/h4-7,9,18H,2-3,15H2,1H3,(H,16,17,19). The van der Waals surface area contributed by atoms with Gasteiger partial charge in [-0.1, -0.05) is 0 Å². The minimum Gasteiger partial charge on any atom is -0.324 e. The summed E-state index contributed by atoms with van der Waals surface area (Å²) < 4.78 is 0. The second-order valence-electron chi connectivity index (χ2n) is 4.98. The summed E-state index contributed by atoms with van der Waals surface area (Å²) in [6.45, 7) is 1.88. The molecule has 0 aliphatic heterocycles. The molecule has 1 fully saturated rings. The van der Waals surface area contributed by atoms with Crippen molar-refractivity contribution in [3.05, 3.63) is 40.4 Å². The van der Waals surface area contributed by atoms with Gasteiger partial charge < -0.3 is 5.43 Å². The largest absolute Gasteiger partial charge is 0.324 e. The maximum absolute atomic E-state index is 12.2. The van der Waals surface area contributed by atoms with E-state index in [0.717, 1.165) is 16.9 Å². The third-order valence-electron chi connectivity index (χ3n) is 3.38. The molecule has 3 rings (SSSR count). The molecule has 1 aromatic carbocycles. The second-order valence-corrected chi connectivity index (χ2v) is 5.84. The van der Waals surface area contributed by atoms with Crippen molar-refractivity contribution < 1.29 is 4.79 Å². The molecule has 0 spiro atoms. The topological polar surface area (TPSA) is 80.0 Å². The summed E-state index contributed by atoms with van der Waals surface area (Å²) >= 11 is 1.48. The van der Waals surface area contributed by atoms with Gasteiger partial charge in [-0.15, -0.1) is 11.3 Å². The normalized spacial score (nSPS) is 14.1. The number of nitrogen functional groups attached to an aromatic ring is 1. The maximum Gasteiger partial charge on any atom is 0.257 e. The van der Waals surface area contributed by atoms with Crippen LogP contribution in [0.2, 0.25) is 0 Å². The number of hydrogen-bond acceptors (Lipinski definition) is 5. The first-order valence-electron chi connectivity index (χ1n) is 6.51. The van der Waals surface area contributed by atoms with Crippen LogP contribution in [0.15, 0.2) is 23.6 Å². The highest BCUT2D eigenvalue weighted by Gasteiger charge is 2.26. The Hall–Kier alpha value is -1.92. The number of anilines is 2. The van der Waals surface area contributed by atoms with E-state index in [1.165, 1.54) is 24.2 Å². The molecule has 0 unspecified atom stereocenters. The van der Waals surface area contributed by atoms with Gasteiger partial charge in [-0.05, 0) is 43.5 Å². The Kier molecular flexibility index (Phi) is 3.42. The highest BCUT2D eigenvalue weighted by atomic mass is 32.1. The first-order chi connectivity index (χ1) is 9.67. The molecule has 2 aromatic rings. The van der Waals surface area contributed by atoms with E-state index in [4.69, 9.17) is 5.84 Å². The van der Waals surface area contributed by atoms with Crippen molar-refractivity contribution in [3.63, 3.8) is 0 Å². The molecule has 0 saturated heterocycles. The van der Waals surface area contributed by atoms with Gasteiger partial charge in [-0.3, -0.25) is 16.0 Å². The van der Waals surface area contributed by atoms with Crippen LogP contribution in [0.3, 0.4) is 0 Å². The third-order valence-corrected chi connectivity index (χ3v) is 4.15. The number of rotatable bonds is 4. The van der Waals surface area contributed by atoms with E-state index < -0.39 is 0 Å². The smallest absolute Gasteiger partial charge is 0.257 e. The number of hydrogen-bond donors (Lipinski definition) is 3. The van der Waals surface area contributed by atoms with Crippen molar-refractivity contribution in [1.29, 1.82) is 0 Å². The average Bonchev–Trinajstić information content (AvgIpc) is 3.19. The van der Waals surface area contributed by atoms with E-state index in [-0.39, 0.29) is 5.91 Å². The van der Waals surface area contributed by atoms with Crippen molar-refractivity contribution in [2.75, 3.05) is 10.7 Å². The lowest BCUT2D eigenvalue weighted by Gasteiger charge is -2.07. The Balaban J connectivity index is 1.74. The van der Waals surface area contributed by atoms with E-state index in [9.17, 15) is 4.79 Å². The fraction of sp³-hybridized carbons (Fsp3) is 0.286. The summed E-state index contributed by atoms with van der Waals surface area (Å²) in [5, 5.41) is 5.55. The molecular formula is C14H16N4OS. The number of hydrazine groups is 1. The SMILES string of the molecule is Cc1cc(NN)ccc1C(=O)Nc1nc(C2CC2)cs1. The van der Waals surface area contributed by atoms with E-state index in [1.807, 2.05) is 18.4 Å². The second kappa shape index (κ2) is 5.22. The van der Waals surface area contributed by atoms with Crippen LogP contribution in [0.1, 0.15) is 40.4 Å². The van der Waals surface area contributed by atoms with Crippen LogP contribution in [0, 0.1) is 6.92 Å². The number of amides is 1. The van der Waals surface area contributed by atoms with Crippen LogP contribution in [0.4, 0.5) is 10.8 Å². The number of aryl methyl sites for hydroxylation is 1. The number of nitrogens with zero attached hydrogens (tertiary/aromatic N) is 1. The third kappa shape index (κ3) is 2.66. The van der Waals surface area contributed by atoms with E-state index in [0.29, 0.717) is 16.6 Å². The molecular weight excluding hydrogens is 272 g/mol. The molecule has 6 heteroatoms. The Morgan fingerprint density at radius 3 is 2.90 bits per heavy atom. The molecule has 0 bridgehead atoms. The lowest BCUT2D eigenvalue weighted by Crippen LogP contribution is -2.14. The van der Waals surface area contributed by atoms with Crippen molar-refractivity contribution in [2.24, 2.45) is 5.84 Å². The zero-order chi connectivity index (χ0) is 14.1. The van der Waals surface area contributed by atoms with Crippen LogP contribution in [0.25, 0.3) is 0 Å². The number of carbonyl (C=O) groups excluding carboxylic acids is 1. The lowest BCUT2D eigenvalue weighted by atomic mass is 10.1. The summed E-state index contributed by atoms with van der Waals surface area (Å²) in [6, 6.07) is 5.38. The Morgan fingerprint density at radius 2 is 2.25 bits per heavy atom. The zero-order valence-electron chi connectivity index (χ0n) is 11.1. The Morgan fingerprint density at radius 1 is 1.45 bits per heavy atom. The molecule has 1 amide bonds. The predicted octanol–water partition coefficient (Wildman–Crippen LogP) is 2.87. The van der Waals surface area contributed by atoms with Crippen LogP contribution in [0.5, 0.6) is 0 Å². The predicted molar refractivity (Wildman–Crippen MR) is 81.0 cm³/mol. The van der Waals surface area contributed by atoms with Gasteiger partial charge in [0, 0.05) is 22.5 Å². The Bertz CT molecular complexity index is 648. The first kappa shape index (κ1) is 13.1. The summed E-state index contributed by atoms with van der Waals surface area (Å²) in [5.74, 6) is 5.82. The van der Waals surface area contributed by atoms with Gasteiger partial charge in [0.2, 0.25) is 0 Å². The van der Waals surface area contributed by atoms with Crippen LogP contribution < -0.4 is 16.6 Å².